The molecule has 13 heteroatoms. The molecule has 1 atom stereocenters. The number of carbonyl (C=O) groups is 2. The number of thiazole rings is 1. The summed E-state index contributed by atoms with van der Waals surface area (Å²) in [6.45, 7) is 7.34. The van der Waals surface area contributed by atoms with Gasteiger partial charge < -0.3 is 28.8 Å². The van der Waals surface area contributed by atoms with Crippen molar-refractivity contribution in [1.82, 2.24) is 4.57 Å². The van der Waals surface area contributed by atoms with Gasteiger partial charge >= 0.3 is 11.9 Å². The fourth-order valence-electron chi connectivity index (χ4n) is 4.48. The lowest BCUT2D eigenvalue weighted by Gasteiger charge is -2.25. The first kappa shape index (κ1) is 31.6. The zero-order valence-corrected chi connectivity index (χ0v) is 25.8. The van der Waals surface area contributed by atoms with Crippen molar-refractivity contribution in [2.24, 2.45) is 4.99 Å². The number of esters is 2. The highest BCUT2D eigenvalue weighted by Gasteiger charge is 2.34. The van der Waals surface area contributed by atoms with E-state index in [1.807, 2.05) is 0 Å². The molecule has 3 aromatic rings. The Hall–Kier alpha value is -4.29. The number of aromatic nitrogens is 1. The first-order valence-corrected chi connectivity index (χ1v) is 14.6. The van der Waals surface area contributed by atoms with Crippen molar-refractivity contribution in [1.29, 1.82) is 0 Å². The molecular formula is C30H31ClN2O9S. The molecule has 0 radical (unpaired) electrons. The lowest BCUT2D eigenvalue weighted by Crippen LogP contribution is -2.40. The minimum atomic E-state index is -0.909. The van der Waals surface area contributed by atoms with Crippen molar-refractivity contribution in [3.05, 3.63) is 77.4 Å². The molecule has 1 aromatic heterocycles. The standard InChI is InChI=1S/C30H31ClN2O9S/c1-6-39-21-14-18(9-10-20(21)42-15-24(34)38-5)26-25(29(37)41-8-3)16(4)32-30-33(26)28(36)23(43-30)13-17-11-19(31)27(35)22(12-17)40-7-2/h9-14,26,35H,6-8,15H2,1-5H3/b23-13-/t26-/m0/s1. The number of halogens is 1. The number of hydrogen-bond donors (Lipinski definition) is 1. The number of phenols is 1. The summed E-state index contributed by atoms with van der Waals surface area (Å²) < 4.78 is 28.6. The first-order valence-electron chi connectivity index (χ1n) is 13.4. The molecule has 0 saturated heterocycles. The third kappa shape index (κ3) is 6.70. The smallest absolute Gasteiger partial charge is 0.343 e. The topological polar surface area (TPSA) is 135 Å². The van der Waals surface area contributed by atoms with Gasteiger partial charge in [0, 0.05) is 0 Å². The van der Waals surface area contributed by atoms with Crippen LogP contribution in [0.3, 0.4) is 0 Å². The highest BCUT2D eigenvalue weighted by molar-refractivity contribution is 7.07. The molecule has 11 nitrogen and oxygen atoms in total. The van der Waals surface area contributed by atoms with Gasteiger partial charge in [0.2, 0.25) is 0 Å². The van der Waals surface area contributed by atoms with Crippen LogP contribution in [-0.4, -0.2) is 55.1 Å². The van der Waals surface area contributed by atoms with Crippen LogP contribution in [0.5, 0.6) is 23.0 Å². The summed E-state index contributed by atoms with van der Waals surface area (Å²) in [6, 6.07) is 7.13. The van der Waals surface area contributed by atoms with E-state index in [-0.39, 0.29) is 41.1 Å². The number of ether oxygens (including phenoxy) is 5. The molecule has 43 heavy (non-hydrogen) atoms. The molecule has 0 bridgehead atoms. The number of hydrogen-bond acceptors (Lipinski definition) is 11. The van der Waals surface area contributed by atoms with E-state index in [1.165, 1.54) is 17.7 Å². The van der Waals surface area contributed by atoms with E-state index in [0.29, 0.717) is 45.1 Å². The molecular weight excluding hydrogens is 600 g/mol. The number of methoxy groups -OCH3 is 1. The zero-order chi connectivity index (χ0) is 31.3. The maximum Gasteiger partial charge on any atom is 0.343 e. The summed E-state index contributed by atoms with van der Waals surface area (Å²) in [4.78, 5) is 43.8. The van der Waals surface area contributed by atoms with Gasteiger partial charge in [0.1, 0.15) is 0 Å². The normalized spacial score (nSPS) is 14.6. The molecule has 0 saturated carbocycles. The van der Waals surface area contributed by atoms with E-state index in [0.717, 1.165) is 11.3 Å². The molecule has 0 fully saturated rings. The number of phenolic OH excluding ortho intramolecular Hbond substituents is 1. The van der Waals surface area contributed by atoms with Crippen molar-refractivity contribution >= 4 is 41.0 Å². The lowest BCUT2D eigenvalue weighted by atomic mass is 9.95. The summed E-state index contributed by atoms with van der Waals surface area (Å²) in [5.74, 6) is -0.586. The van der Waals surface area contributed by atoms with Crippen LogP contribution < -0.4 is 29.1 Å². The van der Waals surface area contributed by atoms with Crippen LogP contribution in [0.1, 0.15) is 44.9 Å². The van der Waals surface area contributed by atoms with Crippen molar-refractivity contribution < 1.29 is 38.4 Å². The number of carbonyl (C=O) groups excluding carboxylic acids is 2. The molecule has 1 aliphatic rings. The molecule has 2 heterocycles. The van der Waals surface area contributed by atoms with E-state index in [9.17, 15) is 19.5 Å². The molecule has 0 spiro atoms. The van der Waals surface area contributed by atoms with E-state index in [1.54, 1.807) is 58.0 Å². The monoisotopic (exact) mass is 630 g/mol. The molecule has 228 valence electrons. The third-order valence-corrected chi connectivity index (χ3v) is 7.59. The Labute approximate surface area is 256 Å². The number of fused-ring (bicyclic) bond motifs is 1. The van der Waals surface area contributed by atoms with Crippen LogP contribution in [0.25, 0.3) is 6.08 Å². The van der Waals surface area contributed by atoms with Gasteiger partial charge in [0.15, 0.2) is 34.4 Å². The quantitative estimate of drug-likeness (QED) is 0.316. The van der Waals surface area contributed by atoms with Crippen LogP contribution in [0.2, 0.25) is 5.02 Å². The Balaban J connectivity index is 1.91. The highest BCUT2D eigenvalue weighted by atomic mass is 35.5. The molecule has 0 amide bonds. The van der Waals surface area contributed by atoms with E-state index >= 15 is 0 Å². The predicted octanol–water partition coefficient (Wildman–Crippen LogP) is 3.51. The van der Waals surface area contributed by atoms with Gasteiger partial charge in [-0.05, 0) is 69.2 Å². The number of nitrogens with zero attached hydrogens (tertiary/aromatic N) is 2. The minimum Gasteiger partial charge on any atom is -0.503 e. The van der Waals surface area contributed by atoms with E-state index in [4.69, 9.17) is 30.5 Å². The predicted molar refractivity (Wildman–Crippen MR) is 160 cm³/mol. The summed E-state index contributed by atoms with van der Waals surface area (Å²) in [7, 11) is 1.26. The van der Waals surface area contributed by atoms with E-state index in [2.05, 4.69) is 9.73 Å². The highest BCUT2D eigenvalue weighted by Crippen LogP contribution is 2.37. The van der Waals surface area contributed by atoms with Crippen molar-refractivity contribution in [2.45, 2.75) is 33.7 Å². The van der Waals surface area contributed by atoms with Gasteiger partial charge in [-0.3, -0.25) is 9.36 Å². The number of benzene rings is 2. The molecule has 0 aliphatic carbocycles. The minimum absolute atomic E-state index is 0.0706. The largest absolute Gasteiger partial charge is 0.503 e. The van der Waals surface area contributed by atoms with E-state index < -0.39 is 23.5 Å². The Morgan fingerprint density at radius 2 is 1.77 bits per heavy atom. The second-order valence-corrected chi connectivity index (χ2v) is 10.5. The lowest BCUT2D eigenvalue weighted by molar-refractivity contribution is -0.143. The summed E-state index contributed by atoms with van der Waals surface area (Å²) in [6.07, 6.45) is 1.62. The summed E-state index contributed by atoms with van der Waals surface area (Å²) in [5.41, 5.74) is 1.24. The van der Waals surface area contributed by atoms with Crippen molar-refractivity contribution in [3.8, 4) is 23.0 Å². The van der Waals surface area contributed by atoms with Crippen molar-refractivity contribution in [2.75, 3.05) is 33.5 Å². The number of aromatic hydroxyl groups is 1. The summed E-state index contributed by atoms with van der Waals surface area (Å²) in [5, 5.41) is 10.3. The second kappa shape index (κ2) is 13.8. The Bertz CT molecular complexity index is 1760. The van der Waals surface area contributed by atoms with Crippen LogP contribution >= 0.6 is 22.9 Å². The fourth-order valence-corrected chi connectivity index (χ4v) is 5.74. The van der Waals surface area contributed by atoms with Crippen LogP contribution in [-0.2, 0) is 19.1 Å². The molecule has 1 aliphatic heterocycles. The first-order chi connectivity index (χ1) is 20.6. The maximum atomic E-state index is 14.0. The average Bonchev–Trinajstić information content (AvgIpc) is 3.28. The number of rotatable bonds is 11. The molecule has 1 N–H and O–H groups in total. The molecule has 4 rings (SSSR count). The van der Waals surface area contributed by atoms with Crippen LogP contribution in [0, 0.1) is 0 Å². The Morgan fingerprint density at radius 3 is 2.44 bits per heavy atom. The average molecular weight is 631 g/mol. The number of allylic oxidation sites excluding steroid dienone is 1. The van der Waals surface area contributed by atoms with Gasteiger partial charge in [0.25, 0.3) is 5.56 Å². The fraction of sp³-hybridized carbons (Fsp3) is 0.333. The Kier molecular flexibility index (Phi) is 10.1. The summed E-state index contributed by atoms with van der Waals surface area (Å²) >= 11 is 7.35. The van der Waals surface area contributed by atoms with Crippen LogP contribution in [0.15, 0.2) is 51.4 Å². The SMILES string of the molecule is CCOC(=O)C1=C(C)N=c2s/c(=C\c3cc(Cl)c(O)c(OCC)c3)c(=O)n2[C@H]1c1ccc(OCC(=O)OC)c(OCC)c1. The maximum absolute atomic E-state index is 14.0. The van der Waals surface area contributed by atoms with Crippen molar-refractivity contribution in [3.63, 3.8) is 0 Å². The van der Waals surface area contributed by atoms with Gasteiger partial charge in [-0.15, -0.1) is 0 Å². The van der Waals surface area contributed by atoms with Gasteiger partial charge in [-0.1, -0.05) is 29.0 Å². The molecule has 0 unspecified atom stereocenters. The molecule has 2 aromatic carbocycles. The van der Waals surface area contributed by atoms with Gasteiger partial charge in [-0.25, -0.2) is 14.6 Å². The third-order valence-electron chi connectivity index (χ3n) is 6.32. The zero-order valence-electron chi connectivity index (χ0n) is 24.3. The van der Waals surface area contributed by atoms with Gasteiger partial charge in [0.05, 0.1) is 53.8 Å². The second-order valence-electron chi connectivity index (χ2n) is 9.09. The Morgan fingerprint density at radius 1 is 1.05 bits per heavy atom. The van der Waals surface area contributed by atoms with Crippen LogP contribution in [0.4, 0.5) is 0 Å². The van der Waals surface area contributed by atoms with Gasteiger partial charge in [-0.2, -0.15) is 0 Å².